The van der Waals surface area contributed by atoms with Crippen molar-refractivity contribution in [3.05, 3.63) is 77.2 Å². The van der Waals surface area contributed by atoms with Crippen molar-refractivity contribution < 1.29 is 9.18 Å². The summed E-state index contributed by atoms with van der Waals surface area (Å²) in [7, 11) is 0. The first-order valence-corrected chi connectivity index (χ1v) is 9.68. The van der Waals surface area contributed by atoms with Crippen molar-refractivity contribution >= 4 is 16.8 Å². The van der Waals surface area contributed by atoms with E-state index >= 15 is 0 Å². The molecule has 0 radical (unpaired) electrons. The Morgan fingerprint density at radius 3 is 2.61 bits per heavy atom. The molecule has 5 heteroatoms. The summed E-state index contributed by atoms with van der Waals surface area (Å²) in [6, 6.07) is 14.8. The largest absolute Gasteiger partial charge is 0.340 e. The lowest BCUT2D eigenvalue weighted by atomic mass is 10.0. The van der Waals surface area contributed by atoms with Crippen LogP contribution in [0.25, 0.3) is 10.9 Å². The molecule has 1 fully saturated rings. The Bertz CT molecular complexity index is 996. The fraction of sp³-hybridized carbons (Fsp3) is 0.304. The first-order valence-electron chi connectivity index (χ1n) is 9.68. The molecule has 0 atom stereocenters. The third-order valence-corrected chi connectivity index (χ3v) is 5.47. The van der Waals surface area contributed by atoms with E-state index in [0.29, 0.717) is 26.1 Å². The molecule has 0 N–H and O–H groups in total. The number of rotatable bonds is 4. The van der Waals surface area contributed by atoms with Gasteiger partial charge in [0.05, 0.1) is 11.9 Å². The normalized spacial score (nSPS) is 15.1. The second-order valence-corrected chi connectivity index (χ2v) is 7.40. The highest BCUT2D eigenvalue weighted by Gasteiger charge is 2.22. The van der Waals surface area contributed by atoms with Crippen LogP contribution in [-0.2, 0) is 17.8 Å². The molecule has 0 unspecified atom stereocenters. The maximum Gasteiger partial charge on any atom is 0.227 e. The fourth-order valence-corrected chi connectivity index (χ4v) is 3.83. The van der Waals surface area contributed by atoms with Crippen LogP contribution >= 0.6 is 0 Å². The summed E-state index contributed by atoms with van der Waals surface area (Å²) in [5.74, 6) is -0.0608. The van der Waals surface area contributed by atoms with E-state index in [0.717, 1.165) is 40.7 Å². The summed E-state index contributed by atoms with van der Waals surface area (Å²) in [5.41, 5.74) is 3.99. The number of aromatic nitrogens is 1. The van der Waals surface area contributed by atoms with Gasteiger partial charge in [-0.05, 0) is 41.8 Å². The van der Waals surface area contributed by atoms with Crippen molar-refractivity contribution in [3.63, 3.8) is 0 Å². The number of aryl methyl sites for hydroxylation is 1. The highest BCUT2D eigenvalue weighted by Crippen LogP contribution is 2.21. The molecule has 0 spiro atoms. The minimum Gasteiger partial charge on any atom is -0.340 e. The van der Waals surface area contributed by atoms with Crippen molar-refractivity contribution in [1.29, 1.82) is 0 Å². The van der Waals surface area contributed by atoms with Crippen LogP contribution in [0, 0.1) is 12.7 Å². The van der Waals surface area contributed by atoms with Gasteiger partial charge < -0.3 is 4.90 Å². The van der Waals surface area contributed by atoms with Gasteiger partial charge in [0.1, 0.15) is 5.82 Å². The standard InChI is InChI=1S/C23H24FN3O/c1-17-5-2-3-6-18(17)15-22(28)27-11-9-26(10-12-27)16-20-14-21(24)13-19-7-4-8-25-23(19)20/h2-8,13-14H,9-12,15-16H2,1H3. The number of hydrogen-bond donors (Lipinski definition) is 0. The highest BCUT2D eigenvalue weighted by atomic mass is 19.1. The van der Waals surface area contributed by atoms with Gasteiger partial charge in [0.2, 0.25) is 5.91 Å². The Hall–Kier alpha value is -2.79. The molecule has 28 heavy (non-hydrogen) atoms. The van der Waals surface area contributed by atoms with Crippen LogP contribution in [0.4, 0.5) is 4.39 Å². The van der Waals surface area contributed by atoms with Gasteiger partial charge in [-0.1, -0.05) is 30.3 Å². The quantitative estimate of drug-likeness (QED) is 0.697. The van der Waals surface area contributed by atoms with Gasteiger partial charge in [0.25, 0.3) is 0 Å². The van der Waals surface area contributed by atoms with Crippen LogP contribution in [0.1, 0.15) is 16.7 Å². The number of piperazine rings is 1. The Morgan fingerprint density at radius 1 is 1.04 bits per heavy atom. The van der Waals surface area contributed by atoms with Crippen molar-refractivity contribution in [2.45, 2.75) is 19.9 Å². The van der Waals surface area contributed by atoms with Gasteiger partial charge in [0, 0.05) is 44.3 Å². The van der Waals surface area contributed by atoms with Crippen LogP contribution in [0.2, 0.25) is 0 Å². The van der Waals surface area contributed by atoms with Gasteiger partial charge in [-0.15, -0.1) is 0 Å². The van der Waals surface area contributed by atoms with Crippen molar-refractivity contribution in [2.24, 2.45) is 0 Å². The zero-order valence-corrected chi connectivity index (χ0v) is 16.1. The smallest absolute Gasteiger partial charge is 0.227 e. The highest BCUT2D eigenvalue weighted by molar-refractivity contribution is 5.81. The molecule has 2 heterocycles. The van der Waals surface area contributed by atoms with Crippen molar-refractivity contribution in [2.75, 3.05) is 26.2 Å². The van der Waals surface area contributed by atoms with E-state index in [2.05, 4.69) is 9.88 Å². The molecule has 1 amide bonds. The minimum atomic E-state index is -0.234. The predicted octanol–water partition coefficient (Wildman–Crippen LogP) is 3.57. The maximum absolute atomic E-state index is 14.0. The summed E-state index contributed by atoms with van der Waals surface area (Å²) in [4.78, 5) is 21.3. The Labute approximate surface area is 164 Å². The molecule has 0 bridgehead atoms. The van der Waals surface area contributed by atoms with Gasteiger partial charge >= 0.3 is 0 Å². The zero-order chi connectivity index (χ0) is 19.5. The second-order valence-electron chi connectivity index (χ2n) is 7.40. The van der Waals surface area contributed by atoms with E-state index < -0.39 is 0 Å². The summed E-state index contributed by atoms with van der Waals surface area (Å²) >= 11 is 0. The molecule has 1 aromatic heterocycles. The third kappa shape index (κ3) is 4.04. The van der Waals surface area contributed by atoms with Gasteiger partial charge in [0.15, 0.2) is 0 Å². The average molecular weight is 377 g/mol. The average Bonchev–Trinajstić information content (AvgIpc) is 2.70. The van der Waals surface area contributed by atoms with Crippen LogP contribution in [0.3, 0.4) is 0 Å². The van der Waals surface area contributed by atoms with E-state index in [-0.39, 0.29) is 11.7 Å². The monoisotopic (exact) mass is 377 g/mol. The number of hydrogen-bond acceptors (Lipinski definition) is 3. The topological polar surface area (TPSA) is 36.4 Å². The first-order chi connectivity index (χ1) is 13.6. The summed E-state index contributed by atoms with van der Waals surface area (Å²) < 4.78 is 14.0. The van der Waals surface area contributed by atoms with Gasteiger partial charge in [-0.2, -0.15) is 0 Å². The molecule has 1 saturated heterocycles. The molecule has 144 valence electrons. The lowest BCUT2D eigenvalue weighted by molar-refractivity contribution is -0.132. The molecule has 2 aromatic carbocycles. The van der Waals surface area contributed by atoms with E-state index in [1.807, 2.05) is 48.2 Å². The molecule has 1 aliphatic rings. The summed E-state index contributed by atoms with van der Waals surface area (Å²) in [5, 5.41) is 0.824. The predicted molar refractivity (Wildman–Crippen MR) is 108 cm³/mol. The molecular formula is C23H24FN3O. The summed E-state index contributed by atoms with van der Waals surface area (Å²) in [6.07, 6.45) is 2.19. The van der Waals surface area contributed by atoms with Gasteiger partial charge in [-0.25, -0.2) is 4.39 Å². The number of nitrogens with zero attached hydrogens (tertiary/aromatic N) is 3. The number of fused-ring (bicyclic) bond motifs is 1. The molecule has 4 rings (SSSR count). The molecule has 4 nitrogen and oxygen atoms in total. The molecule has 0 saturated carbocycles. The second kappa shape index (κ2) is 8.07. The third-order valence-electron chi connectivity index (χ3n) is 5.47. The number of carbonyl (C=O) groups excluding carboxylic acids is 1. The zero-order valence-electron chi connectivity index (χ0n) is 16.1. The van der Waals surface area contributed by atoms with Crippen LogP contribution in [0.5, 0.6) is 0 Å². The molecular weight excluding hydrogens is 353 g/mol. The molecule has 0 aliphatic carbocycles. The molecule has 1 aliphatic heterocycles. The van der Waals surface area contributed by atoms with Crippen molar-refractivity contribution in [3.8, 4) is 0 Å². The van der Waals surface area contributed by atoms with Crippen molar-refractivity contribution in [1.82, 2.24) is 14.8 Å². The van der Waals surface area contributed by atoms with E-state index in [9.17, 15) is 9.18 Å². The van der Waals surface area contributed by atoms with E-state index in [1.165, 1.54) is 6.07 Å². The Balaban J connectivity index is 1.38. The summed E-state index contributed by atoms with van der Waals surface area (Å²) in [6.45, 7) is 5.65. The lowest BCUT2D eigenvalue weighted by Gasteiger charge is -2.35. The number of pyridine rings is 1. The van der Waals surface area contributed by atoms with E-state index in [1.54, 1.807) is 12.3 Å². The number of amides is 1. The number of benzene rings is 2. The van der Waals surface area contributed by atoms with Gasteiger partial charge in [-0.3, -0.25) is 14.7 Å². The first kappa shape index (κ1) is 18.6. The van der Waals surface area contributed by atoms with Crippen LogP contribution in [0.15, 0.2) is 54.7 Å². The van der Waals surface area contributed by atoms with Crippen LogP contribution in [-0.4, -0.2) is 46.9 Å². The minimum absolute atomic E-state index is 0.173. The Morgan fingerprint density at radius 2 is 1.82 bits per heavy atom. The SMILES string of the molecule is Cc1ccccc1CC(=O)N1CCN(Cc2cc(F)cc3cccnc23)CC1. The molecule has 3 aromatic rings. The van der Waals surface area contributed by atoms with E-state index in [4.69, 9.17) is 0 Å². The lowest BCUT2D eigenvalue weighted by Crippen LogP contribution is -2.48. The van der Waals surface area contributed by atoms with Crippen LogP contribution < -0.4 is 0 Å². The Kier molecular flexibility index (Phi) is 5.35. The fourth-order valence-electron chi connectivity index (χ4n) is 3.83. The maximum atomic E-state index is 14.0. The number of halogens is 1. The number of carbonyl (C=O) groups is 1.